The summed E-state index contributed by atoms with van der Waals surface area (Å²) >= 11 is 6.18. The molecule has 1 N–H and O–H groups in total. The molecule has 1 heterocycles. The Bertz CT molecular complexity index is 340. The molecule has 0 aliphatic carbocycles. The van der Waals surface area contributed by atoms with Crippen LogP contribution in [-0.2, 0) is 6.54 Å². The van der Waals surface area contributed by atoms with Crippen LogP contribution in [0.1, 0.15) is 18.9 Å². The normalized spacial score (nSPS) is 23.0. The van der Waals surface area contributed by atoms with E-state index in [1.807, 2.05) is 12.1 Å². The Labute approximate surface area is 103 Å². The van der Waals surface area contributed by atoms with Gasteiger partial charge in [0, 0.05) is 24.2 Å². The van der Waals surface area contributed by atoms with Gasteiger partial charge in [0.1, 0.15) is 0 Å². The average Bonchev–Trinajstić information content (AvgIpc) is 2.46. The topological polar surface area (TPSA) is 15.3 Å². The number of nitrogens with zero attached hydrogens (tertiary/aromatic N) is 1. The highest BCUT2D eigenvalue weighted by Gasteiger charge is 2.14. The first-order valence-corrected chi connectivity index (χ1v) is 6.32. The Kier molecular flexibility index (Phi) is 4.22. The van der Waals surface area contributed by atoms with E-state index in [1.165, 1.54) is 12.0 Å². The predicted molar refractivity (Wildman–Crippen MR) is 68.8 cm³/mol. The Hall–Kier alpha value is -0.570. The maximum absolute atomic E-state index is 6.18. The Balaban J connectivity index is 2.00. The second kappa shape index (κ2) is 5.67. The van der Waals surface area contributed by atoms with Crippen molar-refractivity contribution in [3.63, 3.8) is 0 Å². The van der Waals surface area contributed by atoms with E-state index in [4.69, 9.17) is 11.6 Å². The summed E-state index contributed by atoms with van der Waals surface area (Å²) in [5.74, 6) is 0. The third-order valence-electron chi connectivity index (χ3n) is 3.03. The van der Waals surface area contributed by atoms with Crippen molar-refractivity contribution in [1.29, 1.82) is 0 Å². The molecule has 0 radical (unpaired) electrons. The highest BCUT2D eigenvalue weighted by atomic mass is 35.5. The number of hydrogen-bond acceptors (Lipinski definition) is 2. The van der Waals surface area contributed by atoms with Crippen molar-refractivity contribution in [2.45, 2.75) is 25.9 Å². The van der Waals surface area contributed by atoms with Gasteiger partial charge in [0.2, 0.25) is 0 Å². The molecular weight excluding hydrogens is 220 g/mol. The molecule has 1 aliphatic heterocycles. The van der Waals surface area contributed by atoms with E-state index >= 15 is 0 Å². The van der Waals surface area contributed by atoms with Gasteiger partial charge in [-0.1, -0.05) is 29.8 Å². The first kappa shape index (κ1) is 11.9. The zero-order valence-corrected chi connectivity index (χ0v) is 10.5. The SMILES string of the molecule is CC1CN(Cc2ccccc2Cl)CCCN1. The summed E-state index contributed by atoms with van der Waals surface area (Å²) in [5, 5.41) is 4.38. The van der Waals surface area contributed by atoms with Gasteiger partial charge < -0.3 is 5.32 Å². The first-order valence-electron chi connectivity index (χ1n) is 5.95. The second-order valence-corrected chi connectivity index (χ2v) is 4.94. The lowest BCUT2D eigenvalue weighted by atomic mass is 10.2. The van der Waals surface area contributed by atoms with Crippen molar-refractivity contribution in [3.8, 4) is 0 Å². The molecule has 1 aliphatic rings. The van der Waals surface area contributed by atoms with E-state index in [9.17, 15) is 0 Å². The Morgan fingerprint density at radius 3 is 3.06 bits per heavy atom. The van der Waals surface area contributed by atoms with Crippen LogP contribution in [0.3, 0.4) is 0 Å². The molecule has 88 valence electrons. The van der Waals surface area contributed by atoms with E-state index < -0.39 is 0 Å². The van der Waals surface area contributed by atoms with Crippen molar-refractivity contribution in [1.82, 2.24) is 10.2 Å². The number of halogens is 1. The van der Waals surface area contributed by atoms with Gasteiger partial charge in [-0.05, 0) is 38.1 Å². The lowest BCUT2D eigenvalue weighted by Crippen LogP contribution is -2.34. The standard InChI is InChI=1S/C13H19ClN2/c1-11-9-16(8-4-7-15-11)10-12-5-2-3-6-13(12)14/h2-3,5-6,11,15H,4,7-10H2,1H3. The van der Waals surface area contributed by atoms with E-state index in [0.717, 1.165) is 31.2 Å². The van der Waals surface area contributed by atoms with Crippen LogP contribution >= 0.6 is 11.6 Å². The van der Waals surface area contributed by atoms with Gasteiger partial charge in [-0.2, -0.15) is 0 Å². The molecule has 0 saturated carbocycles. The largest absolute Gasteiger partial charge is 0.313 e. The molecule has 0 aromatic heterocycles. The van der Waals surface area contributed by atoms with E-state index in [0.29, 0.717) is 6.04 Å². The summed E-state index contributed by atoms with van der Waals surface area (Å²) < 4.78 is 0. The Morgan fingerprint density at radius 2 is 2.25 bits per heavy atom. The highest BCUT2D eigenvalue weighted by molar-refractivity contribution is 6.31. The van der Waals surface area contributed by atoms with Crippen LogP contribution in [0, 0.1) is 0 Å². The molecule has 1 aromatic carbocycles. The van der Waals surface area contributed by atoms with Crippen molar-refractivity contribution in [2.75, 3.05) is 19.6 Å². The molecule has 0 amide bonds. The minimum atomic E-state index is 0.574. The van der Waals surface area contributed by atoms with Crippen molar-refractivity contribution in [2.24, 2.45) is 0 Å². The van der Waals surface area contributed by atoms with Crippen molar-refractivity contribution >= 4 is 11.6 Å². The zero-order valence-electron chi connectivity index (χ0n) is 9.75. The van der Waals surface area contributed by atoms with Crippen LogP contribution in [-0.4, -0.2) is 30.6 Å². The summed E-state index contributed by atoms with van der Waals surface area (Å²) in [5.41, 5.74) is 1.23. The molecule has 0 bridgehead atoms. The maximum atomic E-state index is 6.18. The molecular formula is C13H19ClN2. The summed E-state index contributed by atoms with van der Waals surface area (Å²) in [6, 6.07) is 8.70. The van der Waals surface area contributed by atoms with Crippen LogP contribution in [0.2, 0.25) is 5.02 Å². The number of hydrogen-bond donors (Lipinski definition) is 1. The van der Waals surface area contributed by atoms with Gasteiger partial charge >= 0.3 is 0 Å². The fraction of sp³-hybridized carbons (Fsp3) is 0.538. The summed E-state index contributed by atoms with van der Waals surface area (Å²) in [6.45, 7) is 6.59. The smallest absolute Gasteiger partial charge is 0.0451 e. The van der Waals surface area contributed by atoms with Crippen molar-refractivity contribution < 1.29 is 0 Å². The summed E-state index contributed by atoms with van der Waals surface area (Å²) in [7, 11) is 0. The van der Waals surface area contributed by atoms with Gasteiger partial charge in [-0.25, -0.2) is 0 Å². The predicted octanol–water partition coefficient (Wildman–Crippen LogP) is 2.52. The van der Waals surface area contributed by atoms with Crippen LogP contribution in [0.25, 0.3) is 0 Å². The lowest BCUT2D eigenvalue weighted by Gasteiger charge is -2.22. The van der Waals surface area contributed by atoms with Crippen LogP contribution in [0.4, 0.5) is 0 Å². The van der Waals surface area contributed by atoms with Gasteiger partial charge in [0.25, 0.3) is 0 Å². The monoisotopic (exact) mass is 238 g/mol. The molecule has 0 spiro atoms. The quantitative estimate of drug-likeness (QED) is 0.852. The fourth-order valence-electron chi connectivity index (χ4n) is 2.21. The van der Waals surface area contributed by atoms with Gasteiger partial charge in [0.15, 0.2) is 0 Å². The summed E-state index contributed by atoms with van der Waals surface area (Å²) in [4.78, 5) is 2.48. The molecule has 1 fully saturated rings. The van der Waals surface area contributed by atoms with Crippen LogP contribution in [0.15, 0.2) is 24.3 Å². The van der Waals surface area contributed by atoms with Gasteiger partial charge in [-0.3, -0.25) is 4.90 Å². The molecule has 1 unspecified atom stereocenters. The Morgan fingerprint density at radius 1 is 1.44 bits per heavy atom. The number of benzene rings is 1. The van der Waals surface area contributed by atoms with Crippen LogP contribution in [0.5, 0.6) is 0 Å². The molecule has 1 aromatic rings. The van der Waals surface area contributed by atoms with Crippen molar-refractivity contribution in [3.05, 3.63) is 34.9 Å². The lowest BCUT2D eigenvalue weighted by molar-refractivity contribution is 0.265. The molecule has 3 heteroatoms. The van der Waals surface area contributed by atoms with Crippen LogP contribution < -0.4 is 5.32 Å². The molecule has 1 atom stereocenters. The molecule has 1 saturated heterocycles. The minimum absolute atomic E-state index is 0.574. The maximum Gasteiger partial charge on any atom is 0.0451 e. The minimum Gasteiger partial charge on any atom is -0.313 e. The number of nitrogens with one attached hydrogen (secondary N) is 1. The van der Waals surface area contributed by atoms with E-state index in [-0.39, 0.29) is 0 Å². The summed E-state index contributed by atoms with van der Waals surface area (Å²) in [6.07, 6.45) is 1.22. The average molecular weight is 239 g/mol. The second-order valence-electron chi connectivity index (χ2n) is 4.54. The van der Waals surface area contributed by atoms with E-state index in [1.54, 1.807) is 0 Å². The number of rotatable bonds is 2. The molecule has 16 heavy (non-hydrogen) atoms. The molecule has 2 nitrogen and oxygen atoms in total. The molecule has 2 rings (SSSR count). The first-order chi connectivity index (χ1) is 7.75. The fourth-order valence-corrected chi connectivity index (χ4v) is 2.40. The van der Waals surface area contributed by atoms with Gasteiger partial charge in [0.05, 0.1) is 0 Å². The third-order valence-corrected chi connectivity index (χ3v) is 3.40. The third kappa shape index (κ3) is 3.21. The van der Waals surface area contributed by atoms with Gasteiger partial charge in [-0.15, -0.1) is 0 Å². The zero-order chi connectivity index (χ0) is 11.4. The van der Waals surface area contributed by atoms with E-state index in [2.05, 4.69) is 29.3 Å². The highest BCUT2D eigenvalue weighted by Crippen LogP contribution is 2.17.